The first kappa shape index (κ1) is 18.2. The van der Waals surface area contributed by atoms with Gasteiger partial charge in [0.15, 0.2) is 5.78 Å². The van der Waals surface area contributed by atoms with Crippen LogP contribution in [0.25, 0.3) is 0 Å². The lowest BCUT2D eigenvalue weighted by Gasteiger charge is -2.64. The molecule has 26 heavy (non-hydrogen) atoms. The minimum atomic E-state index is -0.152. The Morgan fingerprint density at radius 2 is 2.04 bits per heavy atom. The van der Waals surface area contributed by atoms with Crippen molar-refractivity contribution in [1.82, 2.24) is 0 Å². The van der Waals surface area contributed by atoms with Crippen LogP contribution in [-0.4, -0.2) is 24.6 Å². The summed E-state index contributed by atoms with van der Waals surface area (Å²) in [6, 6.07) is 6.03. The molecular weight excluding hydrogens is 323 g/mol. The molecule has 5 atom stereocenters. The van der Waals surface area contributed by atoms with Crippen molar-refractivity contribution in [3.05, 3.63) is 34.9 Å². The molecule has 4 fully saturated rings. The maximum absolute atomic E-state index is 11.8. The maximum Gasteiger partial charge on any atom is 0.461 e. The molecule has 0 amide bonds. The number of hydrogen-bond donors (Lipinski definition) is 0. The van der Waals surface area contributed by atoms with Crippen LogP contribution < -0.4 is 0 Å². The van der Waals surface area contributed by atoms with Gasteiger partial charge in [0.2, 0.25) is 0 Å². The third-order valence-electron chi connectivity index (χ3n) is 7.80. The van der Waals surface area contributed by atoms with E-state index in [1.165, 1.54) is 12.0 Å². The van der Waals surface area contributed by atoms with Crippen LogP contribution in [0.3, 0.4) is 0 Å². The van der Waals surface area contributed by atoms with E-state index in [-0.39, 0.29) is 30.4 Å². The molecule has 1 unspecified atom stereocenters. The Bertz CT molecular complexity index is 743. The van der Waals surface area contributed by atoms with Gasteiger partial charge in [-0.3, -0.25) is 4.79 Å². The number of Topliss-reactive ketones (excluding diaryl/α,β-unsaturated/α-hetero) is 1. The zero-order chi connectivity index (χ0) is 18.9. The minimum absolute atomic E-state index is 0.130. The molecule has 2 bridgehead atoms. The van der Waals surface area contributed by atoms with Gasteiger partial charge in [-0.15, -0.1) is 0 Å². The molecule has 1 aliphatic heterocycles. The molecule has 0 spiro atoms. The summed E-state index contributed by atoms with van der Waals surface area (Å²) in [7, 11) is -0.152. The first-order valence-corrected chi connectivity index (χ1v) is 10.1. The van der Waals surface area contributed by atoms with Crippen molar-refractivity contribution in [3.8, 4) is 0 Å². The molecular formula is C22H31BO3. The monoisotopic (exact) mass is 354 g/mol. The highest BCUT2D eigenvalue weighted by atomic mass is 16.7. The molecule has 5 rings (SSSR count). The predicted molar refractivity (Wildman–Crippen MR) is 104 cm³/mol. The zero-order valence-corrected chi connectivity index (χ0v) is 17.0. The Balaban J connectivity index is 1.50. The van der Waals surface area contributed by atoms with Crippen LogP contribution in [0.15, 0.2) is 18.2 Å². The fourth-order valence-electron chi connectivity index (χ4n) is 5.87. The van der Waals surface area contributed by atoms with Crippen molar-refractivity contribution in [3.63, 3.8) is 0 Å². The summed E-state index contributed by atoms with van der Waals surface area (Å²) in [4.78, 5) is 11.8. The number of rotatable bonds is 4. The smallest absolute Gasteiger partial charge is 0.405 e. The second-order valence-corrected chi connectivity index (χ2v) is 9.66. The Hall–Kier alpha value is -1.13. The van der Waals surface area contributed by atoms with Crippen molar-refractivity contribution < 1.29 is 14.1 Å². The molecule has 4 heteroatoms. The Morgan fingerprint density at radius 3 is 2.69 bits per heavy atom. The molecule has 0 N–H and O–H groups in total. The summed E-state index contributed by atoms with van der Waals surface area (Å²) < 4.78 is 13.0. The van der Waals surface area contributed by atoms with Crippen LogP contribution in [0.4, 0.5) is 0 Å². The van der Waals surface area contributed by atoms with Gasteiger partial charge in [-0.1, -0.05) is 39.0 Å². The number of carbonyl (C=O) groups excluding carboxylic acids is 1. The van der Waals surface area contributed by atoms with E-state index >= 15 is 0 Å². The number of carbonyl (C=O) groups is 1. The molecule has 3 nitrogen and oxygen atoms in total. The van der Waals surface area contributed by atoms with Crippen molar-refractivity contribution in [2.45, 2.75) is 78.3 Å². The number of hydrogen-bond acceptors (Lipinski definition) is 3. The second-order valence-electron chi connectivity index (χ2n) is 9.66. The third-order valence-corrected chi connectivity index (χ3v) is 7.80. The molecule has 3 saturated carbocycles. The first-order chi connectivity index (χ1) is 12.1. The molecule has 140 valence electrons. The molecule has 1 saturated heterocycles. The molecule has 1 aromatic carbocycles. The SMILES string of the molecule is CC(=O)c1cccc(C[C@H](C)B2OC3C[C@@H]4C[C@@H](C4(C)C)[C@]3(C)O2)c1C. The van der Waals surface area contributed by atoms with Crippen LogP contribution in [0.5, 0.6) is 0 Å². The molecule has 3 aliphatic carbocycles. The highest BCUT2D eigenvalue weighted by molar-refractivity contribution is 6.47. The van der Waals surface area contributed by atoms with Gasteiger partial charge in [-0.2, -0.15) is 0 Å². The number of benzene rings is 1. The van der Waals surface area contributed by atoms with Gasteiger partial charge in [0.1, 0.15) is 0 Å². The van der Waals surface area contributed by atoms with Crippen molar-refractivity contribution in [2.24, 2.45) is 17.3 Å². The Labute approximate surface area is 158 Å². The normalized spacial score (nSPS) is 35.6. The summed E-state index contributed by atoms with van der Waals surface area (Å²) in [5.74, 6) is 1.76. The quantitative estimate of drug-likeness (QED) is 0.572. The van der Waals surface area contributed by atoms with E-state index in [9.17, 15) is 4.79 Å². The van der Waals surface area contributed by atoms with Gasteiger partial charge in [0, 0.05) is 5.56 Å². The van der Waals surface area contributed by atoms with E-state index < -0.39 is 0 Å². The van der Waals surface area contributed by atoms with Gasteiger partial charge in [-0.05, 0) is 74.2 Å². The summed E-state index contributed by atoms with van der Waals surface area (Å²) >= 11 is 0. The fraction of sp³-hybridized carbons (Fsp3) is 0.682. The fourth-order valence-corrected chi connectivity index (χ4v) is 5.87. The van der Waals surface area contributed by atoms with E-state index in [0.29, 0.717) is 11.3 Å². The summed E-state index contributed by atoms with van der Waals surface area (Å²) in [6.07, 6.45) is 3.51. The highest BCUT2D eigenvalue weighted by Gasteiger charge is 2.68. The van der Waals surface area contributed by atoms with Gasteiger partial charge < -0.3 is 9.31 Å². The van der Waals surface area contributed by atoms with Gasteiger partial charge >= 0.3 is 7.12 Å². The summed E-state index contributed by atoms with van der Waals surface area (Å²) in [5.41, 5.74) is 3.37. The van der Waals surface area contributed by atoms with Crippen LogP contribution in [0.1, 0.15) is 68.9 Å². The Kier molecular flexibility index (Phi) is 4.17. The van der Waals surface area contributed by atoms with Gasteiger partial charge in [0.25, 0.3) is 0 Å². The van der Waals surface area contributed by atoms with Crippen molar-refractivity contribution in [1.29, 1.82) is 0 Å². The summed E-state index contributed by atoms with van der Waals surface area (Å²) in [6.45, 7) is 13.0. The van der Waals surface area contributed by atoms with Gasteiger partial charge in [-0.25, -0.2) is 0 Å². The zero-order valence-electron chi connectivity index (χ0n) is 17.0. The lowest BCUT2D eigenvalue weighted by molar-refractivity contribution is -0.199. The maximum atomic E-state index is 11.8. The van der Waals surface area contributed by atoms with Crippen LogP contribution in [-0.2, 0) is 15.7 Å². The lowest BCUT2D eigenvalue weighted by atomic mass is 9.43. The van der Waals surface area contributed by atoms with Crippen LogP contribution in [0, 0.1) is 24.2 Å². The standard InChI is InChI=1S/C22H31BO3/c1-13(10-16-8-7-9-18(14(16)2)15(3)24)23-25-20-12-17-11-19(21(17,4)5)22(20,6)26-23/h7-9,13,17,19-20H,10-12H2,1-6H3/t13-,17-,19-,20?,22-/m0/s1. The molecule has 1 heterocycles. The van der Waals surface area contributed by atoms with Gasteiger partial charge in [0.05, 0.1) is 11.7 Å². The van der Waals surface area contributed by atoms with E-state index in [1.807, 2.05) is 19.1 Å². The predicted octanol–water partition coefficient (Wildman–Crippen LogP) is 4.86. The highest BCUT2D eigenvalue weighted by Crippen LogP contribution is 2.66. The summed E-state index contributed by atoms with van der Waals surface area (Å²) in [5, 5.41) is 0. The Morgan fingerprint density at radius 1 is 1.31 bits per heavy atom. The van der Waals surface area contributed by atoms with Crippen LogP contribution >= 0.6 is 0 Å². The van der Waals surface area contributed by atoms with E-state index in [0.717, 1.165) is 29.9 Å². The van der Waals surface area contributed by atoms with Crippen LogP contribution in [0.2, 0.25) is 5.82 Å². The average Bonchev–Trinajstić information content (AvgIpc) is 2.93. The largest absolute Gasteiger partial charge is 0.461 e. The molecule has 1 aromatic rings. The van der Waals surface area contributed by atoms with E-state index in [4.69, 9.17) is 9.31 Å². The van der Waals surface area contributed by atoms with Crippen molar-refractivity contribution in [2.75, 3.05) is 0 Å². The number of ketones is 1. The second kappa shape index (κ2) is 5.94. The third kappa shape index (κ3) is 2.52. The minimum Gasteiger partial charge on any atom is -0.405 e. The topological polar surface area (TPSA) is 35.5 Å². The van der Waals surface area contributed by atoms with E-state index in [1.54, 1.807) is 6.92 Å². The average molecular weight is 354 g/mol. The van der Waals surface area contributed by atoms with Crippen molar-refractivity contribution >= 4 is 12.9 Å². The molecule has 4 aliphatic rings. The first-order valence-electron chi connectivity index (χ1n) is 10.1. The lowest BCUT2D eigenvalue weighted by Crippen LogP contribution is -2.65. The molecule has 0 radical (unpaired) electrons. The molecule has 0 aromatic heterocycles. The van der Waals surface area contributed by atoms with E-state index in [2.05, 4.69) is 33.8 Å².